The molecule has 33 heavy (non-hydrogen) atoms. The Bertz CT molecular complexity index is 1160. The second-order valence-electron chi connectivity index (χ2n) is 8.70. The number of carbonyl (C=O) groups is 1. The molecule has 7 nitrogen and oxygen atoms in total. The normalized spacial score (nSPS) is 19.0. The van der Waals surface area contributed by atoms with Crippen LogP contribution >= 0.6 is 0 Å². The summed E-state index contributed by atoms with van der Waals surface area (Å²) in [6, 6.07) is 7.86. The molecule has 1 unspecified atom stereocenters. The lowest BCUT2D eigenvalue weighted by atomic mass is 9.98. The minimum absolute atomic E-state index is 0.107. The van der Waals surface area contributed by atoms with Gasteiger partial charge >= 0.3 is 6.61 Å². The van der Waals surface area contributed by atoms with E-state index in [2.05, 4.69) is 9.64 Å². The molecule has 1 aromatic carbocycles. The van der Waals surface area contributed by atoms with Gasteiger partial charge in [-0.05, 0) is 51.2 Å². The fourth-order valence-corrected chi connectivity index (χ4v) is 4.91. The SMILES string of the molecule is Cc1cn2nc(C3CCCCN3C(=O)c3ccccc3OC(F)F)cc2nc1N1CCCC1. The number of ether oxygens (including phenoxy) is 1. The van der Waals surface area contributed by atoms with Crippen molar-refractivity contribution >= 4 is 17.4 Å². The Morgan fingerprint density at radius 3 is 2.67 bits per heavy atom. The highest BCUT2D eigenvalue weighted by atomic mass is 19.3. The molecule has 0 saturated carbocycles. The first kappa shape index (κ1) is 21.6. The fourth-order valence-electron chi connectivity index (χ4n) is 4.91. The average Bonchev–Trinajstić information content (AvgIpc) is 3.48. The van der Waals surface area contributed by atoms with Crippen molar-refractivity contribution in [1.82, 2.24) is 19.5 Å². The number of fused-ring (bicyclic) bond motifs is 1. The molecule has 2 fully saturated rings. The topological polar surface area (TPSA) is 63.0 Å². The van der Waals surface area contributed by atoms with Crippen molar-refractivity contribution in [3.8, 4) is 5.75 Å². The first-order valence-electron chi connectivity index (χ1n) is 11.5. The predicted octanol–water partition coefficient (Wildman–Crippen LogP) is 4.61. The smallest absolute Gasteiger partial charge is 0.387 e. The molecule has 2 aliphatic heterocycles. The van der Waals surface area contributed by atoms with Gasteiger partial charge in [-0.15, -0.1) is 0 Å². The van der Waals surface area contributed by atoms with E-state index < -0.39 is 6.61 Å². The first-order valence-corrected chi connectivity index (χ1v) is 11.5. The number of aromatic nitrogens is 3. The Kier molecular flexibility index (Phi) is 5.86. The van der Waals surface area contributed by atoms with E-state index in [0.29, 0.717) is 6.54 Å². The Balaban J connectivity index is 1.47. The minimum Gasteiger partial charge on any atom is -0.434 e. The van der Waals surface area contributed by atoms with Crippen LogP contribution in [-0.4, -0.2) is 51.7 Å². The number of nitrogens with zero attached hydrogens (tertiary/aromatic N) is 5. The molecule has 174 valence electrons. The number of benzene rings is 1. The van der Waals surface area contributed by atoms with Gasteiger partial charge in [0.15, 0.2) is 5.65 Å². The zero-order chi connectivity index (χ0) is 22.9. The van der Waals surface area contributed by atoms with Gasteiger partial charge in [-0.3, -0.25) is 4.79 Å². The van der Waals surface area contributed by atoms with Crippen LogP contribution in [0.1, 0.15) is 59.8 Å². The van der Waals surface area contributed by atoms with E-state index in [0.717, 1.165) is 55.1 Å². The van der Waals surface area contributed by atoms with Crippen LogP contribution < -0.4 is 9.64 Å². The monoisotopic (exact) mass is 455 g/mol. The molecule has 1 amide bonds. The van der Waals surface area contributed by atoms with Crippen molar-refractivity contribution < 1.29 is 18.3 Å². The van der Waals surface area contributed by atoms with Gasteiger partial charge < -0.3 is 14.5 Å². The number of rotatable bonds is 5. The van der Waals surface area contributed by atoms with Crippen molar-refractivity contribution in [3.63, 3.8) is 0 Å². The van der Waals surface area contributed by atoms with Gasteiger partial charge in [0.2, 0.25) is 0 Å². The minimum atomic E-state index is -2.99. The number of hydrogen-bond donors (Lipinski definition) is 0. The highest BCUT2D eigenvalue weighted by Gasteiger charge is 2.32. The molecule has 0 radical (unpaired) electrons. The number of hydrogen-bond acceptors (Lipinski definition) is 5. The summed E-state index contributed by atoms with van der Waals surface area (Å²) in [7, 11) is 0. The summed E-state index contributed by atoms with van der Waals surface area (Å²) < 4.78 is 32.1. The summed E-state index contributed by atoms with van der Waals surface area (Å²) in [4.78, 5) is 22.3. The van der Waals surface area contributed by atoms with Crippen molar-refractivity contribution in [2.45, 2.75) is 51.7 Å². The van der Waals surface area contributed by atoms with Crippen LogP contribution in [0.3, 0.4) is 0 Å². The maximum Gasteiger partial charge on any atom is 0.387 e. The molecule has 4 heterocycles. The van der Waals surface area contributed by atoms with Crippen molar-refractivity contribution in [1.29, 1.82) is 0 Å². The van der Waals surface area contributed by atoms with Crippen LogP contribution in [0.15, 0.2) is 36.5 Å². The average molecular weight is 456 g/mol. The molecule has 0 bridgehead atoms. The quantitative estimate of drug-likeness (QED) is 0.562. The van der Waals surface area contributed by atoms with E-state index in [4.69, 9.17) is 10.1 Å². The Morgan fingerprint density at radius 1 is 1.12 bits per heavy atom. The Morgan fingerprint density at radius 2 is 1.88 bits per heavy atom. The lowest BCUT2D eigenvalue weighted by Crippen LogP contribution is -2.39. The molecule has 3 aromatic rings. The zero-order valence-corrected chi connectivity index (χ0v) is 18.6. The molecule has 2 aromatic heterocycles. The molecular weight excluding hydrogens is 428 g/mol. The summed E-state index contributed by atoms with van der Waals surface area (Å²) >= 11 is 0. The molecule has 2 saturated heterocycles. The molecule has 2 aliphatic rings. The standard InChI is InChI=1S/C24H27F2N5O2/c1-16-15-31-21(27-22(16)29-11-6-7-12-29)14-18(28-31)19-9-4-5-13-30(19)23(32)17-8-2-3-10-20(17)33-24(25)26/h2-3,8,10,14-15,19,24H,4-7,9,11-13H2,1H3. The summed E-state index contributed by atoms with van der Waals surface area (Å²) in [5.41, 5.74) is 2.71. The van der Waals surface area contributed by atoms with Crippen LogP contribution in [-0.2, 0) is 0 Å². The zero-order valence-electron chi connectivity index (χ0n) is 18.6. The van der Waals surface area contributed by atoms with Gasteiger partial charge in [-0.25, -0.2) is 9.50 Å². The number of carbonyl (C=O) groups excluding carboxylic acids is 1. The number of anilines is 1. The predicted molar refractivity (Wildman–Crippen MR) is 120 cm³/mol. The van der Waals surface area contributed by atoms with Crippen LogP contribution in [0.4, 0.5) is 14.6 Å². The number of aryl methyl sites for hydroxylation is 1. The maximum absolute atomic E-state index is 13.4. The van der Waals surface area contributed by atoms with Crippen LogP contribution in [0.2, 0.25) is 0 Å². The highest BCUT2D eigenvalue weighted by Crippen LogP contribution is 2.34. The van der Waals surface area contributed by atoms with E-state index in [-0.39, 0.29) is 23.3 Å². The number of piperidine rings is 1. The number of alkyl halides is 2. The second-order valence-corrected chi connectivity index (χ2v) is 8.70. The first-order chi connectivity index (χ1) is 16.0. The third-order valence-corrected chi connectivity index (χ3v) is 6.47. The number of likely N-dealkylation sites (tertiary alicyclic amines) is 1. The van der Waals surface area contributed by atoms with Gasteiger partial charge in [0.25, 0.3) is 5.91 Å². The van der Waals surface area contributed by atoms with Crippen LogP contribution in [0.25, 0.3) is 5.65 Å². The third kappa shape index (κ3) is 4.24. The number of amides is 1. The molecule has 0 N–H and O–H groups in total. The van der Waals surface area contributed by atoms with Crippen molar-refractivity contribution in [2.24, 2.45) is 0 Å². The molecule has 0 spiro atoms. The maximum atomic E-state index is 13.4. The summed E-state index contributed by atoms with van der Waals surface area (Å²) in [6.45, 7) is 1.60. The molecular formula is C24H27F2N5O2. The molecule has 9 heteroatoms. The number of halogens is 2. The summed E-state index contributed by atoms with van der Waals surface area (Å²) in [6.07, 6.45) is 6.90. The van der Waals surface area contributed by atoms with E-state index in [1.807, 2.05) is 19.2 Å². The molecule has 5 rings (SSSR count). The van der Waals surface area contributed by atoms with E-state index >= 15 is 0 Å². The molecule has 0 aliphatic carbocycles. The fraction of sp³-hybridized carbons (Fsp3) is 0.458. The van der Waals surface area contributed by atoms with E-state index in [1.54, 1.807) is 21.5 Å². The lowest BCUT2D eigenvalue weighted by Gasteiger charge is -2.35. The van der Waals surface area contributed by atoms with Crippen LogP contribution in [0.5, 0.6) is 5.75 Å². The van der Waals surface area contributed by atoms with Gasteiger partial charge in [-0.1, -0.05) is 12.1 Å². The van der Waals surface area contributed by atoms with Crippen LogP contribution in [0, 0.1) is 6.92 Å². The summed E-state index contributed by atoms with van der Waals surface area (Å²) in [5.74, 6) is 0.556. The largest absolute Gasteiger partial charge is 0.434 e. The second kappa shape index (κ2) is 8.96. The Labute approximate surface area is 191 Å². The molecule has 1 atom stereocenters. The van der Waals surface area contributed by atoms with Gasteiger partial charge in [0.1, 0.15) is 11.6 Å². The third-order valence-electron chi connectivity index (χ3n) is 6.47. The van der Waals surface area contributed by atoms with Crippen molar-refractivity contribution in [3.05, 3.63) is 53.3 Å². The van der Waals surface area contributed by atoms with Crippen molar-refractivity contribution in [2.75, 3.05) is 24.5 Å². The van der Waals surface area contributed by atoms with E-state index in [1.165, 1.54) is 25.0 Å². The van der Waals surface area contributed by atoms with Gasteiger partial charge in [-0.2, -0.15) is 13.9 Å². The van der Waals surface area contributed by atoms with Gasteiger partial charge in [0.05, 0.1) is 17.3 Å². The lowest BCUT2D eigenvalue weighted by molar-refractivity contribution is -0.0503. The van der Waals surface area contributed by atoms with E-state index in [9.17, 15) is 13.6 Å². The van der Waals surface area contributed by atoms with Gasteiger partial charge in [0, 0.05) is 37.5 Å². The summed E-state index contributed by atoms with van der Waals surface area (Å²) in [5, 5.41) is 4.75. The number of para-hydroxylation sites is 1. The highest BCUT2D eigenvalue weighted by molar-refractivity contribution is 5.97. The Hall–Kier alpha value is -3.23.